The molecular weight excluding hydrogens is 212 g/mol. The van der Waals surface area contributed by atoms with E-state index in [0.29, 0.717) is 0 Å². The van der Waals surface area contributed by atoms with E-state index in [1.54, 1.807) is 6.92 Å². The molecule has 0 unspecified atom stereocenters. The molecule has 1 aromatic heterocycles. The van der Waals surface area contributed by atoms with Crippen LogP contribution in [-0.2, 0) is 0 Å². The number of rotatable bonds is 2. The third-order valence-electron chi connectivity index (χ3n) is 2.48. The highest BCUT2D eigenvalue weighted by Gasteiger charge is 2.11. The monoisotopic (exact) mass is 226 g/mol. The number of fused-ring (bicyclic) bond motifs is 1. The second-order valence-corrected chi connectivity index (χ2v) is 3.59. The third-order valence-corrected chi connectivity index (χ3v) is 2.48. The standard InChI is InChI=1S/C11H14N2O.ClH/c1-7(14)11(12)9-2-3-10-8(6-9)4-5-13-10;/h2-7,11,13-14H,12H2,1H3;1H/t7-,11-;/m1./s1. The first-order chi connectivity index (χ1) is 6.68. The molecule has 0 fully saturated rings. The van der Waals surface area contributed by atoms with Gasteiger partial charge >= 0.3 is 0 Å². The number of aliphatic hydroxyl groups excluding tert-OH is 1. The lowest BCUT2D eigenvalue weighted by Gasteiger charge is -2.14. The van der Waals surface area contributed by atoms with Gasteiger partial charge in [-0.05, 0) is 36.1 Å². The van der Waals surface area contributed by atoms with Crippen molar-refractivity contribution in [1.82, 2.24) is 4.98 Å². The Bertz CT molecular complexity index is 439. The highest BCUT2D eigenvalue weighted by molar-refractivity contribution is 5.85. The molecule has 2 aromatic rings. The number of hydrogen-bond donors (Lipinski definition) is 3. The van der Waals surface area contributed by atoms with Gasteiger partial charge in [-0.1, -0.05) is 6.07 Å². The minimum Gasteiger partial charge on any atom is -0.391 e. The summed E-state index contributed by atoms with van der Waals surface area (Å²) in [6, 6.07) is 7.61. The van der Waals surface area contributed by atoms with E-state index in [9.17, 15) is 5.11 Å². The third kappa shape index (κ3) is 2.31. The smallest absolute Gasteiger partial charge is 0.0704 e. The maximum atomic E-state index is 9.36. The van der Waals surface area contributed by atoms with E-state index in [4.69, 9.17) is 5.73 Å². The van der Waals surface area contributed by atoms with Gasteiger partial charge in [0.05, 0.1) is 12.1 Å². The lowest BCUT2D eigenvalue weighted by Crippen LogP contribution is -2.22. The topological polar surface area (TPSA) is 62.0 Å². The molecule has 2 rings (SSSR count). The second-order valence-electron chi connectivity index (χ2n) is 3.59. The Morgan fingerprint density at radius 1 is 1.33 bits per heavy atom. The Morgan fingerprint density at radius 2 is 2.07 bits per heavy atom. The molecule has 0 aliphatic rings. The fourth-order valence-corrected chi connectivity index (χ4v) is 1.56. The van der Waals surface area contributed by atoms with Gasteiger partial charge in [-0.15, -0.1) is 12.4 Å². The van der Waals surface area contributed by atoms with Crippen molar-refractivity contribution in [2.75, 3.05) is 0 Å². The molecule has 0 amide bonds. The van der Waals surface area contributed by atoms with Crippen LogP contribution in [0, 0.1) is 0 Å². The molecule has 0 aliphatic heterocycles. The maximum Gasteiger partial charge on any atom is 0.0704 e. The van der Waals surface area contributed by atoms with Crippen molar-refractivity contribution >= 4 is 23.3 Å². The summed E-state index contributed by atoms with van der Waals surface area (Å²) >= 11 is 0. The minimum absolute atomic E-state index is 0. The largest absolute Gasteiger partial charge is 0.391 e. The summed E-state index contributed by atoms with van der Waals surface area (Å²) in [6.45, 7) is 1.70. The molecule has 0 saturated heterocycles. The number of H-pyrrole nitrogens is 1. The number of nitrogens with two attached hydrogens (primary N) is 1. The van der Waals surface area contributed by atoms with Crippen LogP contribution in [0.4, 0.5) is 0 Å². The van der Waals surface area contributed by atoms with Crippen LogP contribution >= 0.6 is 12.4 Å². The van der Waals surface area contributed by atoms with Crippen LogP contribution in [0.3, 0.4) is 0 Å². The van der Waals surface area contributed by atoms with Gasteiger partial charge < -0.3 is 15.8 Å². The molecule has 0 spiro atoms. The molecule has 1 heterocycles. The van der Waals surface area contributed by atoms with E-state index in [1.165, 1.54) is 0 Å². The zero-order valence-corrected chi connectivity index (χ0v) is 9.29. The zero-order chi connectivity index (χ0) is 10.1. The Kier molecular flexibility index (Phi) is 3.74. The second kappa shape index (κ2) is 4.66. The van der Waals surface area contributed by atoms with E-state index >= 15 is 0 Å². The Balaban J connectivity index is 0.00000112. The fraction of sp³-hybridized carbons (Fsp3) is 0.273. The van der Waals surface area contributed by atoms with Crippen LogP contribution in [0.1, 0.15) is 18.5 Å². The van der Waals surface area contributed by atoms with Gasteiger partial charge in [0.15, 0.2) is 0 Å². The normalized spacial score (nSPS) is 14.6. The Hall–Kier alpha value is -1.03. The highest BCUT2D eigenvalue weighted by atomic mass is 35.5. The number of hydrogen-bond acceptors (Lipinski definition) is 2. The van der Waals surface area contributed by atoms with Crippen molar-refractivity contribution in [3.05, 3.63) is 36.0 Å². The molecule has 0 aliphatic carbocycles. The molecule has 4 heteroatoms. The predicted molar refractivity (Wildman–Crippen MR) is 64.2 cm³/mol. The summed E-state index contributed by atoms with van der Waals surface area (Å²) < 4.78 is 0. The van der Waals surface area contributed by atoms with Gasteiger partial charge in [0.25, 0.3) is 0 Å². The van der Waals surface area contributed by atoms with Crippen molar-refractivity contribution in [2.45, 2.75) is 19.1 Å². The van der Waals surface area contributed by atoms with Crippen LogP contribution in [0.25, 0.3) is 10.9 Å². The number of aliphatic hydroxyl groups is 1. The van der Waals surface area contributed by atoms with Crippen molar-refractivity contribution < 1.29 is 5.11 Å². The van der Waals surface area contributed by atoms with Gasteiger partial charge in [0, 0.05) is 11.7 Å². The summed E-state index contributed by atoms with van der Waals surface area (Å²) in [7, 11) is 0. The number of nitrogens with one attached hydrogen (secondary N) is 1. The maximum absolute atomic E-state index is 9.36. The van der Waals surface area contributed by atoms with Gasteiger partial charge in [0.2, 0.25) is 0 Å². The first-order valence-electron chi connectivity index (χ1n) is 4.69. The number of aromatic nitrogens is 1. The SMILES string of the molecule is C[C@@H](O)[C@@H](N)c1ccc2[nH]ccc2c1.Cl. The van der Waals surface area contributed by atoms with Crippen LogP contribution in [0.5, 0.6) is 0 Å². The van der Waals surface area contributed by atoms with Crippen LogP contribution in [0.15, 0.2) is 30.5 Å². The van der Waals surface area contributed by atoms with E-state index in [0.717, 1.165) is 16.5 Å². The Labute approximate surface area is 94.7 Å². The van der Waals surface area contributed by atoms with Crippen LogP contribution < -0.4 is 5.73 Å². The molecule has 2 atom stereocenters. The van der Waals surface area contributed by atoms with E-state index < -0.39 is 6.10 Å². The van der Waals surface area contributed by atoms with Gasteiger partial charge in [-0.25, -0.2) is 0 Å². The van der Waals surface area contributed by atoms with Crippen LogP contribution in [-0.4, -0.2) is 16.2 Å². The van der Waals surface area contributed by atoms with Crippen molar-refractivity contribution in [3.8, 4) is 0 Å². The number of aromatic amines is 1. The van der Waals surface area contributed by atoms with E-state index in [1.807, 2.05) is 30.5 Å². The summed E-state index contributed by atoms with van der Waals surface area (Å²) in [4.78, 5) is 3.11. The first-order valence-corrected chi connectivity index (χ1v) is 4.69. The molecule has 15 heavy (non-hydrogen) atoms. The van der Waals surface area contributed by atoms with Gasteiger partial charge in [0.1, 0.15) is 0 Å². The average Bonchev–Trinajstić information content (AvgIpc) is 2.62. The average molecular weight is 227 g/mol. The summed E-state index contributed by atoms with van der Waals surface area (Å²) in [6.07, 6.45) is 1.37. The molecule has 1 aromatic carbocycles. The lowest BCUT2D eigenvalue weighted by atomic mass is 10.0. The van der Waals surface area contributed by atoms with Crippen LogP contribution in [0.2, 0.25) is 0 Å². The van der Waals surface area contributed by atoms with Crippen molar-refractivity contribution in [1.29, 1.82) is 0 Å². The Morgan fingerprint density at radius 3 is 2.73 bits per heavy atom. The van der Waals surface area contributed by atoms with Gasteiger partial charge in [-0.3, -0.25) is 0 Å². The molecule has 4 N–H and O–H groups in total. The first kappa shape index (κ1) is 12.0. The molecule has 82 valence electrons. The molecule has 0 bridgehead atoms. The van der Waals surface area contributed by atoms with E-state index in [2.05, 4.69) is 4.98 Å². The van der Waals surface area contributed by atoms with E-state index in [-0.39, 0.29) is 18.4 Å². The fourth-order valence-electron chi connectivity index (χ4n) is 1.56. The number of benzene rings is 1. The minimum atomic E-state index is -0.522. The quantitative estimate of drug-likeness (QED) is 0.733. The van der Waals surface area contributed by atoms with Crippen molar-refractivity contribution in [2.24, 2.45) is 5.73 Å². The molecule has 0 radical (unpaired) electrons. The zero-order valence-electron chi connectivity index (χ0n) is 8.47. The summed E-state index contributed by atoms with van der Waals surface area (Å²) in [5.74, 6) is 0. The molecule has 0 saturated carbocycles. The molecular formula is C11H15ClN2O. The molecule has 3 nitrogen and oxygen atoms in total. The highest BCUT2D eigenvalue weighted by Crippen LogP contribution is 2.20. The summed E-state index contributed by atoms with van der Waals surface area (Å²) in [5.41, 5.74) is 7.89. The summed E-state index contributed by atoms with van der Waals surface area (Å²) in [5, 5.41) is 10.5. The predicted octanol–water partition coefficient (Wildman–Crippen LogP) is 1.97. The van der Waals surface area contributed by atoms with Gasteiger partial charge in [-0.2, -0.15) is 0 Å². The number of halogens is 1. The van der Waals surface area contributed by atoms with Crippen molar-refractivity contribution in [3.63, 3.8) is 0 Å². The lowest BCUT2D eigenvalue weighted by molar-refractivity contribution is 0.164.